The number of hydrogen-bond acceptors (Lipinski definition) is 7. The Morgan fingerprint density at radius 1 is 1.27 bits per heavy atom. The SMILES string of the molecule is N=C(N)c1ccc(CNC(=O)[C@@H]2COCN2C(=O)[C@@H](CC2CCCCC2)NCC(=O)O)cn1. The number of ether oxygens (including phenoxy) is 1. The van der Waals surface area contributed by atoms with E-state index in [0.29, 0.717) is 18.0 Å². The molecular formula is C22H32N6O5. The van der Waals surface area contributed by atoms with E-state index in [1.165, 1.54) is 17.5 Å². The summed E-state index contributed by atoms with van der Waals surface area (Å²) in [5, 5.41) is 22.1. The number of pyridine rings is 1. The van der Waals surface area contributed by atoms with Gasteiger partial charge in [-0.1, -0.05) is 38.2 Å². The Balaban J connectivity index is 1.61. The molecule has 0 radical (unpaired) electrons. The van der Waals surface area contributed by atoms with Gasteiger partial charge < -0.3 is 25.8 Å². The number of rotatable bonds is 10. The molecule has 1 saturated carbocycles. The third-order valence-electron chi connectivity index (χ3n) is 6.13. The van der Waals surface area contributed by atoms with Crippen LogP contribution in [-0.4, -0.2) is 70.6 Å². The molecule has 2 aliphatic rings. The molecule has 0 bridgehead atoms. The quantitative estimate of drug-likeness (QED) is 0.243. The lowest BCUT2D eigenvalue weighted by atomic mass is 9.84. The van der Waals surface area contributed by atoms with Crippen LogP contribution in [0.4, 0.5) is 0 Å². The van der Waals surface area contributed by atoms with Crippen LogP contribution < -0.4 is 16.4 Å². The minimum atomic E-state index is -1.03. The van der Waals surface area contributed by atoms with E-state index in [2.05, 4.69) is 15.6 Å². The second-order valence-electron chi connectivity index (χ2n) is 8.57. The van der Waals surface area contributed by atoms with Crippen molar-refractivity contribution in [2.45, 2.75) is 57.2 Å². The summed E-state index contributed by atoms with van der Waals surface area (Å²) in [7, 11) is 0. The van der Waals surface area contributed by atoms with E-state index in [1.54, 1.807) is 12.1 Å². The average molecular weight is 461 g/mol. The molecule has 1 aromatic rings. The Hall–Kier alpha value is -3.05. The number of amidine groups is 1. The van der Waals surface area contributed by atoms with Crippen LogP contribution in [0.5, 0.6) is 0 Å². The predicted molar refractivity (Wildman–Crippen MR) is 119 cm³/mol. The highest BCUT2D eigenvalue weighted by atomic mass is 16.5. The number of aromatic nitrogens is 1. The molecule has 3 rings (SSSR count). The number of nitrogens with two attached hydrogens (primary N) is 1. The van der Waals surface area contributed by atoms with Gasteiger partial charge in [-0.05, 0) is 24.0 Å². The summed E-state index contributed by atoms with van der Waals surface area (Å²) in [4.78, 5) is 42.6. The average Bonchev–Trinajstić information content (AvgIpc) is 3.30. The zero-order chi connectivity index (χ0) is 23.8. The Labute approximate surface area is 192 Å². The maximum absolute atomic E-state index is 13.3. The monoisotopic (exact) mass is 460 g/mol. The van der Waals surface area contributed by atoms with Crippen LogP contribution in [0, 0.1) is 11.3 Å². The van der Waals surface area contributed by atoms with Gasteiger partial charge in [-0.3, -0.25) is 30.1 Å². The van der Waals surface area contributed by atoms with Gasteiger partial charge in [0.25, 0.3) is 0 Å². The van der Waals surface area contributed by atoms with E-state index >= 15 is 0 Å². The first kappa shape index (κ1) is 24.6. The standard InChI is InChI=1S/C22H32N6O5/c23-20(24)16-7-6-15(9-25-16)10-27-21(31)18-12-33-13-28(18)22(32)17(26-11-19(29)30)8-14-4-2-1-3-5-14/h6-7,9,14,17-18,26H,1-5,8,10-13H2,(H3,23,24)(H,27,31)(H,29,30)/t17-,18+/m1/s1. The van der Waals surface area contributed by atoms with Gasteiger partial charge >= 0.3 is 5.97 Å². The first-order chi connectivity index (χ1) is 15.8. The first-order valence-electron chi connectivity index (χ1n) is 11.3. The van der Waals surface area contributed by atoms with Crippen LogP contribution in [0.2, 0.25) is 0 Å². The summed E-state index contributed by atoms with van der Waals surface area (Å²) in [6.07, 6.45) is 7.54. The molecule has 6 N–H and O–H groups in total. The molecule has 2 fully saturated rings. The topological polar surface area (TPSA) is 171 Å². The Morgan fingerprint density at radius 3 is 2.67 bits per heavy atom. The minimum absolute atomic E-state index is 0.0122. The fraction of sp³-hybridized carbons (Fsp3) is 0.591. The number of carboxylic acids is 1. The highest BCUT2D eigenvalue weighted by molar-refractivity contribution is 5.93. The summed E-state index contributed by atoms with van der Waals surface area (Å²) in [6.45, 7) is -0.0564. The number of carbonyl (C=O) groups excluding carboxylic acids is 2. The van der Waals surface area contributed by atoms with Gasteiger partial charge in [0.05, 0.1) is 19.2 Å². The normalized spacial score (nSPS) is 19.8. The summed E-state index contributed by atoms with van der Waals surface area (Å²) in [5.74, 6) is -1.48. The molecule has 1 aliphatic carbocycles. The van der Waals surface area contributed by atoms with Crippen molar-refractivity contribution in [3.8, 4) is 0 Å². The van der Waals surface area contributed by atoms with Gasteiger partial charge in [0, 0.05) is 12.7 Å². The molecular weight excluding hydrogens is 428 g/mol. The summed E-state index contributed by atoms with van der Waals surface area (Å²) >= 11 is 0. The Bertz CT molecular complexity index is 855. The second kappa shape index (κ2) is 11.7. The van der Waals surface area contributed by atoms with E-state index in [0.717, 1.165) is 31.2 Å². The van der Waals surface area contributed by atoms with E-state index in [9.17, 15) is 14.4 Å². The molecule has 0 aromatic carbocycles. The van der Waals surface area contributed by atoms with Gasteiger partial charge in [0.1, 0.15) is 24.3 Å². The zero-order valence-corrected chi connectivity index (χ0v) is 18.6. The van der Waals surface area contributed by atoms with Crippen LogP contribution in [0.15, 0.2) is 18.3 Å². The van der Waals surface area contributed by atoms with Crippen molar-refractivity contribution in [2.24, 2.45) is 11.7 Å². The zero-order valence-electron chi connectivity index (χ0n) is 18.6. The molecule has 180 valence electrons. The molecule has 11 heteroatoms. The van der Waals surface area contributed by atoms with Crippen molar-refractivity contribution in [3.63, 3.8) is 0 Å². The number of carboxylic acid groups (broad SMARTS) is 1. The number of nitrogens with one attached hydrogen (secondary N) is 3. The van der Waals surface area contributed by atoms with Gasteiger partial charge in [0.15, 0.2) is 0 Å². The van der Waals surface area contributed by atoms with Gasteiger partial charge in [-0.2, -0.15) is 0 Å². The molecule has 11 nitrogen and oxygen atoms in total. The number of nitrogens with zero attached hydrogens (tertiary/aromatic N) is 2. The van der Waals surface area contributed by atoms with Crippen molar-refractivity contribution in [3.05, 3.63) is 29.6 Å². The molecule has 2 heterocycles. The number of aliphatic carboxylic acids is 1. The number of amides is 2. The van der Waals surface area contributed by atoms with Crippen molar-refractivity contribution in [1.29, 1.82) is 5.41 Å². The molecule has 2 amide bonds. The summed E-state index contributed by atoms with van der Waals surface area (Å²) in [5.41, 5.74) is 6.47. The van der Waals surface area contributed by atoms with Gasteiger partial charge in [-0.25, -0.2) is 0 Å². The Morgan fingerprint density at radius 2 is 2.03 bits per heavy atom. The fourth-order valence-electron chi connectivity index (χ4n) is 4.31. The summed E-state index contributed by atoms with van der Waals surface area (Å²) < 4.78 is 5.42. The van der Waals surface area contributed by atoms with Crippen molar-refractivity contribution in [1.82, 2.24) is 20.5 Å². The molecule has 0 spiro atoms. The van der Waals surface area contributed by atoms with Crippen LogP contribution in [0.3, 0.4) is 0 Å². The van der Waals surface area contributed by atoms with E-state index in [1.807, 2.05) is 0 Å². The maximum Gasteiger partial charge on any atom is 0.317 e. The lowest BCUT2D eigenvalue weighted by Gasteiger charge is -2.30. The first-order valence-corrected chi connectivity index (χ1v) is 11.3. The van der Waals surface area contributed by atoms with E-state index in [-0.39, 0.29) is 44.1 Å². The predicted octanol–water partition coefficient (Wildman–Crippen LogP) is 0.180. The molecule has 1 aromatic heterocycles. The van der Waals surface area contributed by atoms with E-state index in [4.69, 9.17) is 21.0 Å². The summed E-state index contributed by atoms with van der Waals surface area (Å²) in [6, 6.07) is 1.85. The minimum Gasteiger partial charge on any atom is -0.480 e. The van der Waals surface area contributed by atoms with Crippen LogP contribution >= 0.6 is 0 Å². The number of hydrogen-bond donors (Lipinski definition) is 5. The molecule has 1 aliphatic heterocycles. The highest BCUT2D eigenvalue weighted by Gasteiger charge is 2.38. The number of carbonyl (C=O) groups is 3. The largest absolute Gasteiger partial charge is 0.480 e. The molecule has 2 atom stereocenters. The third-order valence-corrected chi connectivity index (χ3v) is 6.13. The van der Waals surface area contributed by atoms with Gasteiger partial charge in [0.2, 0.25) is 11.8 Å². The van der Waals surface area contributed by atoms with Crippen molar-refractivity contribution >= 4 is 23.6 Å². The fourth-order valence-corrected chi connectivity index (χ4v) is 4.31. The second-order valence-corrected chi connectivity index (χ2v) is 8.57. The lowest BCUT2D eigenvalue weighted by molar-refractivity contribution is -0.141. The maximum atomic E-state index is 13.3. The molecule has 1 saturated heterocycles. The smallest absolute Gasteiger partial charge is 0.317 e. The number of nitrogen functional groups attached to an aromatic ring is 1. The van der Waals surface area contributed by atoms with E-state index < -0.39 is 18.1 Å². The highest BCUT2D eigenvalue weighted by Crippen LogP contribution is 2.28. The molecule has 33 heavy (non-hydrogen) atoms. The lowest BCUT2D eigenvalue weighted by Crippen LogP contribution is -2.54. The van der Waals surface area contributed by atoms with Crippen LogP contribution in [0.25, 0.3) is 0 Å². The van der Waals surface area contributed by atoms with Gasteiger partial charge in [-0.15, -0.1) is 0 Å². The van der Waals surface area contributed by atoms with Crippen molar-refractivity contribution < 1.29 is 24.2 Å². The third kappa shape index (κ3) is 6.96. The molecule has 0 unspecified atom stereocenters. The van der Waals surface area contributed by atoms with Crippen LogP contribution in [-0.2, 0) is 25.7 Å². The Kier molecular flexibility index (Phi) is 8.72. The van der Waals surface area contributed by atoms with Crippen LogP contribution in [0.1, 0.15) is 49.8 Å². The van der Waals surface area contributed by atoms with Crippen molar-refractivity contribution in [2.75, 3.05) is 19.9 Å².